The van der Waals surface area contributed by atoms with Crippen molar-refractivity contribution in [1.82, 2.24) is 0 Å². The third-order valence-electron chi connectivity index (χ3n) is 8.03. The number of hydrogen-bond donors (Lipinski definition) is 0. The number of hydrogen-bond acceptors (Lipinski definition) is 2. The van der Waals surface area contributed by atoms with Gasteiger partial charge in [-0.3, -0.25) is 0 Å². The van der Waals surface area contributed by atoms with Crippen molar-refractivity contribution in [3.8, 4) is 17.2 Å². The molecule has 0 fully saturated rings. The van der Waals surface area contributed by atoms with Crippen molar-refractivity contribution in [1.29, 1.82) is 5.26 Å². The van der Waals surface area contributed by atoms with Gasteiger partial charge in [-0.2, -0.15) is 5.26 Å². The third-order valence-corrected chi connectivity index (χ3v) is 8.03. The Balaban J connectivity index is 1.43. The summed E-state index contributed by atoms with van der Waals surface area (Å²) in [6, 6.07) is 35.0. The Kier molecular flexibility index (Phi) is 6.51. The van der Waals surface area contributed by atoms with Crippen LogP contribution in [0, 0.1) is 17.2 Å². The van der Waals surface area contributed by atoms with Crippen LogP contribution in [0.4, 0.5) is 11.4 Å². The molecule has 2 heteroatoms. The first-order chi connectivity index (χ1) is 19.1. The van der Waals surface area contributed by atoms with Gasteiger partial charge >= 0.3 is 0 Å². The Hall–Kier alpha value is -4.61. The van der Waals surface area contributed by atoms with E-state index in [1.54, 1.807) is 0 Å². The second-order valence-corrected chi connectivity index (χ2v) is 10.9. The van der Waals surface area contributed by atoms with Gasteiger partial charge in [0.05, 0.1) is 6.07 Å². The van der Waals surface area contributed by atoms with Gasteiger partial charge < -0.3 is 4.90 Å². The Morgan fingerprint density at radius 1 is 0.821 bits per heavy atom. The SMILES string of the molecule is CC1C=CC(N(c2ccccc2)c2ccc(-c3cccc4cccc(C5(C)C=CC(C#N)=CC5)c34)cc2)=CC1. The first kappa shape index (κ1) is 24.7. The summed E-state index contributed by atoms with van der Waals surface area (Å²) in [5.74, 6) is 0.567. The van der Waals surface area contributed by atoms with E-state index in [4.69, 9.17) is 0 Å². The van der Waals surface area contributed by atoms with Crippen molar-refractivity contribution in [3.05, 3.63) is 144 Å². The van der Waals surface area contributed by atoms with Crippen molar-refractivity contribution in [2.75, 3.05) is 4.90 Å². The van der Waals surface area contributed by atoms with Crippen LogP contribution in [0.2, 0.25) is 0 Å². The second kappa shape index (κ2) is 10.3. The predicted molar refractivity (Wildman–Crippen MR) is 164 cm³/mol. The smallest absolute Gasteiger partial charge is 0.0988 e. The van der Waals surface area contributed by atoms with Crippen LogP contribution in [0.15, 0.2) is 139 Å². The normalized spacial score (nSPS) is 20.3. The highest BCUT2D eigenvalue weighted by molar-refractivity contribution is 6.00. The molecule has 0 aromatic heterocycles. The summed E-state index contributed by atoms with van der Waals surface area (Å²) >= 11 is 0. The molecular weight excluding hydrogens is 472 g/mol. The molecular formula is C37H32N2. The van der Waals surface area contributed by atoms with Crippen LogP contribution in [-0.2, 0) is 5.41 Å². The maximum absolute atomic E-state index is 9.35. The molecule has 0 saturated heterocycles. The topological polar surface area (TPSA) is 27.0 Å². The first-order valence-electron chi connectivity index (χ1n) is 13.7. The van der Waals surface area contributed by atoms with Gasteiger partial charge in [-0.1, -0.05) is 105 Å². The average Bonchev–Trinajstić information content (AvgIpc) is 2.99. The summed E-state index contributed by atoms with van der Waals surface area (Å²) in [6.07, 6.45) is 15.0. The van der Waals surface area contributed by atoms with Crippen LogP contribution in [-0.4, -0.2) is 0 Å². The molecule has 2 aliphatic rings. The highest BCUT2D eigenvalue weighted by atomic mass is 15.1. The van der Waals surface area contributed by atoms with E-state index >= 15 is 0 Å². The molecule has 4 aromatic carbocycles. The molecule has 0 amide bonds. The average molecular weight is 505 g/mol. The minimum absolute atomic E-state index is 0.170. The van der Waals surface area contributed by atoms with Crippen molar-refractivity contribution in [2.45, 2.75) is 32.1 Å². The minimum atomic E-state index is -0.170. The van der Waals surface area contributed by atoms with Crippen molar-refractivity contribution >= 4 is 22.1 Å². The lowest BCUT2D eigenvalue weighted by Crippen LogP contribution is -2.20. The molecule has 2 atom stereocenters. The van der Waals surface area contributed by atoms with Gasteiger partial charge in [0, 0.05) is 28.1 Å². The number of benzene rings is 4. The van der Waals surface area contributed by atoms with Crippen LogP contribution >= 0.6 is 0 Å². The van der Waals surface area contributed by atoms with E-state index in [0.29, 0.717) is 5.92 Å². The van der Waals surface area contributed by atoms with E-state index in [9.17, 15) is 5.26 Å². The van der Waals surface area contributed by atoms with E-state index in [1.807, 2.05) is 6.08 Å². The quantitative estimate of drug-likeness (QED) is 0.270. The van der Waals surface area contributed by atoms with E-state index in [-0.39, 0.29) is 5.41 Å². The fourth-order valence-electron chi connectivity index (χ4n) is 5.77. The minimum Gasteiger partial charge on any atom is -0.311 e. The summed E-state index contributed by atoms with van der Waals surface area (Å²) in [4.78, 5) is 2.34. The van der Waals surface area contributed by atoms with Crippen LogP contribution < -0.4 is 4.90 Å². The maximum Gasteiger partial charge on any atom is 0.0988 e. The molecule has 2 unspecified atom stereocenters. The molecule has 2 aliphatic carbocycles. The fraction of sp³-hybridized carbons (Fsp3) is 0.162. The van der Waals surface area contributed by atoms with Crippen molar-refractivity contribution < 1.29 is 0 Å². The van der Waals surface area contributed by atoms with Crippen molar-refractivity contribution in [3.63, 3.8) is 0 Å². The largest absolute Gasteiger partial charge is 0.311 e. The molecule has 0 heterocycles. The number of anilines is 2. The Labute approximate surface area is 231 Å². The summed E-state index contributed by atoms with van der Waals surface area (Å²) in [5.41, 5.74) is 7.81. The highest BCUT2D eigenvalue weighted by Crippen LogP contribution is 2.42. The standard InChI is InChI=1S/C37H32N2/c1-27-14-18-32(19-15-27)39(31-10-4-3-5-11-31)33-20-16-29(17-21-33)34-12-6-8-30-9-7-13-35(36(30)34)37(2)24-22-28(26-38)23-25-37/h3-14,16-24,27H,15,25H2,1-2H3. The zero-order chi connectivity index (χ0) is 26.8. The summed E-state index contributed by atoms with van der Waals surface area (Å²) in [6.45, 7) is 4.53. The number of nitrogens with zero attached hydrogens (tertiary/aromatic N) is 2. The molecule has 0 spiro atoms. The maximum atomic E-state index is 9.35. The Morgan fingerprint density at radius 3 is 2.23 bits per heavy atom. The number of nitriles is 1. The lowest BCUT2D eigenvalue weighted by Gasteiger charge is -2.30. The van der Waals surface area contributed by atoms with Gasteiger partial charge in [-0.25, -0.2) is 0 Å². The Bertz CT molecular complexity index is 1670. The van der Waals surface area contributed by atoms with Crippen LogP contribution in [0.1, 0.15) is 32.3 Å². The fourth-order valence-corrected chi connectivity index (χ4v) is 5.77. The van der Waals surface area contributed by atoms with Crippen LogP contribution in [0.5, 0.6) is 0 Å². The van der Waals surface area contributed by atoms with Gasteiger partial charge in [0.25, 0.3) is 0 Å². The molecule has 0 radical (unpaired) electrons. The van der Waals surface area contributed by atoms with Crippen LogP contribution in [0.3, 0.4) is 0 Å². The van der Waals surface area contributed by atoms with Gasteiger partial charge in [0.1, 0.15) is 0 Å². The van der Waals surface area contributed by atoms with Gasteiger partial charge in [-0.15, -0.1) is 0 Å². The number of fused-ring (bicyclic) bond motifs is 1. The van der Waals surface area contributed by atoms with E-state index in [0.717, 1.165) is 29.8 Å². The summed E-state index contributed by atoms with van der Waals surface area (Å²) < 4.78 is 0. The molecule has 39 heavy (non-hydrogen) atoms. The lowest BCUT2D eigenvalue weighted by molar-refractivity contribution is 0.603. The van der Waals surface area contributed by atoms with Crippen LogP contribution in [0.25, 0.3) is 21.9 Å². The van der Waals surface area contributed by atoms with Gasteiger partial charge in [-0.05, 0) is 82.6 Å². The van der Waals surface area contributed by atoms with E-state index in [2.05, 4.69) is 146 Å². The summed E-state index contributed by atoms with van der Waals surface area (Å²) in [5, 5.41) is 11.9. The molecule has 4 aromatic rings. The highest BCUT2D eigenvalue weighted by Gasteiger charge is 2.28. The number of para-hydroxylation sites is 1. The zero-order valence-electron chi connectivity index (χ0n) is 22.5. The molecule has 190 valence electrons. The molecule has 0 aliphatic heterocycles. The first-order valence-corrected chi connectivity index (χ1v) is 13.7. The summed E-state index contributed by atoms with van der Waals surface area (Å²) in [7, 11) is 0. The second-order valence-electron chi connectivity index (χ2n) is 10.9. The number of rotatable bonds is 5. The van der Waals surface area contributed by atoms with Crippen molar-refractivity contribution in [2.24, 2.45) is 5.92 Å². The monoisotopic (exact) mass is 504 g/mol. The predicted octanol–water partition coefficient (Wildman–Crippen LogP) is 9.79. The molecule has 0 bridgehead atoms. The third kappa shape index (κ3) is 4.73. The molecule has 6 rings (SSSR count). The molecule has 2 nitrogen and oxygen atoms in total. The lowest BCUT2D eigenvalue weighted by atomic mass is 9.73. The number of allylic oxidation sites excluding steroid dienone is 7. The zero-order valence-corrected chi connectivity index (χ0v) is 22.5. The van der Waals surface area contributed by atoms with Gasteiger partial charge in [0.15, 0.2) is 0 Å². The van der Waals surface area contributed by atoms with E-state index < -0.39 is 0 Å². The van der Waals surface area contributed by atoms with Gasteiger partial charge in [0.2, 0.25) is 0 Å². The Morgan fingerprint density at radius 2 is 1.56 bits per heavy atom. The molecule has 0 saturated carbocycles. The molecule has 0 N–H and O–H groups in total. The van der Waals surface area contributed by atoms with E-state index in [1.165, 1.54) is 33.2 Å².